The molecule has 2 atom stereocenters. The SMILES string of the molecule is O=C(Nc1ccc(F)cc1F)NC(CO)C(O)c1ccc([N+](=O)[O-])cc1. The number of nitrogens with zero attached hydrogens (tertiary/aromatic N) is 1. The third kappa shape index (κ3) is 4.71. The van der Waals surface area contributed by atoms with Crippen molar-refractivity contribution in [3.8, 4) is 0 Å². The van der Waals surface area contributed by atoms with Crippen molar-refractivity contribution in [1.82, 2.24) is 5.32 Å². The highest BCUT2D eigenvalue weighted by molar-refractivity contribution is 5.89. The van der Waals surface area contributed by atoms with Crippen molar-refractivity contribution in [3.63, 3.8) is 0 Å². The highest BCUT2D eigenvalue weighted by atomic mass is 19.1. The number of rotatable bonds is 6. The van der Waals surface area contributed by atoms with Gasteiger partial charge in [-0.15, -0.1) is 0 Å². The van der Waals surface area contributed by atoms with E-state index in [1.807, 2.05) is 0 Å². The molecule has 4 N–H and O–H groups in total. The quantitative estimate of drug-likeness (QED) is 0.460. The number of urea groups is 1. The lowest BCUT2D eigenvalue weighted by molar-refractivity contribution is -0.384. The number of benzene rings is 2. The number of nitrogens with one attached hydrogen (secondary N) is 2. The van der Waals surface area contributed by atoms with Gasteiger partial charge in [-0.3, -0.25) is 10.1 Å². The Labute approximate surface area is 146 Å². The molecule has 0 aliphatic heterocycles. The van der Waals surface area contributed by atoms with Crippen molar-refractivity contribution in [2.24, 2.45) is 0 Å². The molecule has 2 amide bonds. The summed E-state index contributed by atoms with van der Waals surface area (Å²) in [6, 6.07) is 5.36. The summed E-state index contributed by atoms with van der Waals surface area (Å²) >= 11 is 0. The largest absolute Gasteiger partial charge is 0.394 e. The van der Waals surface area contributed by atoms with Gasteiger partial charge in [-0.05, 0) is 29.8 Å². The van der Waals surface area contributed by atoms with Crippen molar-refractivity contribution in [2.45, 2.75) is 12.1 Å². The summed E-state index contributed by atoms with van der Waals surface area (Å²) in [6.45, 7) is -0.655. The number of non-ortho nitro benzene ring substituents is 1. The van der Waals surface area contributed by atoms with Crippen molar-refractivity contribution in [2.75, 3.05) is 11.9 Å². The summed E-state index contributed by atoms with van der Waals surface area (Å²) in [5.41, 5.74) is -0.243. The number of nitro groups is 1. The molecule has 0 heterocycles. The molecule has 138 valence electrons. The van der Waals surface area contributed by atoms with Gasteiger partial charge in [0.25, 0.3) is 5.69 Å². The average molecular weight is 367 g/mol. The van der Waals surface area contributed by atoms with Crippen LogP contribution in [0, 0.1) is 21.7 Å². The molecular weight excluding hydrogens is 352 g/mol. The summed E-state index contributed by atoms with van der Waals surface area (Å²) in [5.74, 6) is -1.80. The van der Waals surface area contributed by atoms with E-state index in [9.17, 15) is 33.9 Å². The molecule has 0 saturated heterocycles. The van der Waals surface area contributed by atoms with E-state index in [-0.39, 0.29) is 16.9 Å². The summed E-state index contributed by atoms with van der Waals surface area (Å²) in [5, 5.41) is 34.6. The number of amides is 2. The van der Waals surface area contributed by atoms with Crippen molar-refractivity contribution >= 4 is 17.4 Å². The first-order valence-electron chi connectivity index (χ1n) is 7.37. The van der Waals surface area contributed by atoms with E-state index in [1.54, 1.807) is 0 Å². The molecule has 0 bridgehead atoms. The Hall–Kier alpha value is -3.11. The summed E-state index contributed by atoms with van der Waals surface area (Å²) in [4.78, 5) is 21.9. The maximum atomic E-state index is 13.5. The first kappa shape index (κ1) is 19.2. The Balaban J connectivity index is 2.05. The number of halogens is 2. The smallest absolute Gasteiger partial charge is 0.319 e. The number of nitro benzene ring substituents is 1. The zero-order valence-corrected chi connectivity index (χ0v) is 13.2. The Kier molecular flexibility index (Phi) is 6.15. The lowest BCUT2D eigenvalue weighted by Gasteiger charge is -2.22. The fourth-order valence-corrected chi connectivity index (χ4v) is 2.17. The minimum Gasteiger partial charge on any atom is -0.394 e. The number of hydrogen-bond donors (Lipinski definition) is 4. The second-order valence-corrected chi connectivity index (χ2v) is 5.31. The van der Waals surface area contributed by atoms with Gasteiger partial charge >= 0.3 is 6.03 Å². The minimum atomic E-state index is -1.37. The van der Waals surface area contributed by atoms with Crippen LogP contribution in [0.5, 0.6) is 0 Å². The zero-order chi connectivity index (χ0) is 19.3. The molecule has 2 aromatic carbocycles. The summed E-state index contributed by atoms with van der Waals surface area (Å²) in [6.07, 6.45) is -1.37. The van der Waals surface area contributed by atoms with Crippen LogP contribution in [0.15, 0.2) is 42.5 Å². The fourth-order valence-electron chi connectivity index (χ4n) is 2.17. The molecule has 2 aromatic rings. The molecule has 0 saturated carbocycles. The van der Waals surface area contributed by atoms with E-state index in [0.717, 1.165) is 12.1 Å². The topological polar surface area (TPSA) is 125 Å². The minimum absolute atomic E-state index is 0.181. The van der Waals surface area contributed by atoms with Crippen LogP contribution in [0.1, 0.15) is 11.7 Å². The highest BCUT2D eigenvalue weighted by Crippen LogP contribution is 2.21. The number of hydrogen-bond acceptors (Lipinski definition) is 5. The molecule has 0 aromatic heterocycles. The number of aliphatic hydroxyl groups is 2. The number of anilines is 1. The molecule has 0 aliphatic carbocycles. The fraction of sp³-hybridized carbons (Fsp3) is 0.188. The molecule has 0 aliphatic rings. The summed E-state index contributed by atoms with van der Waals surface area (Å²) < 4.78 is 26.4. The monoisotopic (exact) mass is 367 g/mol. The van der Waals surface area contributed by atoms with Crippen LogP contribution in [-0.2, 0) is 0 Å². The predicted molar refractivity (Wildman–Crippen MR) is 87.4 cm³/mol. The van der Waals surface area contributed by atoms with Gasteiger partial charge in [0.05, 0.1) is 23.3 Å². The van der Waals surface area contributed by atoms with Crippen molar-refractivity contribution in [3.05, 3.63) is 69.8 Å². The number of carbonyl (C=O) groups excluding carboxylic acids is 1. The molecule has 0 fully saturated rings. The average Bonchev–Trinajstić information content (AvgIpc) is 2.61. The van der Waals surface area contributed by atoms with Gasteiger partial charge in [0.2, 0.25) is 0 Å². The standard InChI is InChI=1S/C16H15F2N3O5/c17-10-3-6-13(12(18)7-10)19-16(24)20-14(8-22)15(23)9-1-4-11(5-2-9)21(25)26/h1-7,14-15,22-23H,8H2,(H2,19,20,24). The second kappa shape index (κ2) is 8.32. The number of aliphatic hydroxyl groups excluding tert-OH is 2. The van der Waals surface area contributed by atoms with Crippen molar-refractivity contribution in [1.29, 1.82) is 0 Å². The maximum Gasteiger partial charge on any atom is 0.319 e. The maximum absolute atomic E-state index is 13.5. The molecule has 2 rings (SSSR count). The first-order chi connectivity index (χ1) is 12.3. The van der Waals surface area contributed by atoms with Crippen LogP contribution in [-0.4, -0.2) is 33.8 Å². The highest BCUT2D eigenvalue weighted by Gasteiger charge is 2.23. The van der Waals surface area contributed by atoms with Gasteiger partial charge < -0.3 is 20.8 Å². The Morgan fingerprint density at radius 2 is 1.85 bits per heavy atom. The van der Waals surface area contributed by atoms with E-state index in [0.29, 0.717) is 6.07 Å². The Morgan fingerprint density at radius 1 is 1.19 bits per heavy atom. The summed E-state index contributed by atoms with van der Waals surface area (Å²) in [7, 11) is 0. The van der Waals surface area contributed by atoms with Crippen LogP contribution < -0.4 is 10.6 Å². The second-order valence-electron chi connectivity index (χ2n) is 5.31. The predicted octanol–water partition coefficient (Wildman–Crippen LogP) is 2.09. The molecule has 10 heteroatoms. The van der Waals surface area contributed by atoms with E-state index in [2.05, 4.69) is 10.6 Å². The van der Waals surface area contributed by atoms with Crippen LogP contribution in [0.4, 0.5) is 25.0 Å². The van der Waals surface area contributed by atoms with E-state index >= 15 is 0 Å². The Morgan fingerprint density at radius 3 is 2.38 bits per heavy atom. The molecule has 0 radical (unpaired) electrons. The van der Waals surface area contributed by atoms with Crippen LogP contribution in [0.2, 0.25) is 0 Å². The van der Waals surface area contributed by atoms with Gasteiger partial charge in [0.15, 0.2) is 0 Å². The zero-order valence-electron chi connectivity index (χ0n) is 13.2. The van der Waals surface area contributed by atoms with Crippen LogP contribution >= 0.6 is 0 Å². The number of carbonyl (C=O) groups is 1. The molecule has 0 spiro atoms. The van der Waals surface area contributed by atoms with Gasteiger partial charge in [-0.25, -0.2) is 13.6 Å². The lowest BCUT2D eigenvalue weighted by Crippen LogP contribution is -2.44. The van der Waals surface area contributed by atoms with Gasteiger partial charge in [-0.2, -0.15) is 0 Å². The molecule has 8 nitrogen and oxygen atoms in total. The lowest BCUT2D eigenvalue weighted by atomic mass is 10.0. The molecule has 2 unspecified atom stereocenters. The first-order valence-corrected chi connectivity index (χ1v) is 7.37. The van der Waals surface area contributed by atoms with Gasteiger partial charge in [0, 0.05) is 18.2 Å². The van der Waals surface area contributed by atoms with Gasteiger partial charge in [0.1, 0.15) is 17.7 Å². The van der Waals surface area contributed by atoms with Gasteiger partial charge in [-0.1, -0.05) is 0 Å². The molecular formula is C16H15F2N3O5. The van der Waals surface area contributed by atoms with E-state index < -0.39 is 41.3 Å². The normalized spacial score (nSPS) is 12.9. The van der Waals surface area contributed by atoms with E-state index in [4.69, 9.17) is 0 Å². The van der Waals surface area contributed by atoms with E-state index in [1.165, 1.54) is 24.3 Å². The van der Waals surface area contributed by atoms with Crippen molar-refractivity contribution < 1.29 is 28.7 Å². The Bertz CT molecular complexity index is 801. The third-order valence-corrected chi connectivity index (χ3v) is 3.52. The van der Waals surface area contributed by atoms with Crippen LogP contribution in [0.3, 0.4) is 0 Å². The molecule has 26 heavy (non-hydrogen) atoms. The third-order valence-electron chi connectivity index (χ3n) is 3.52. The van der Waals surface area contributed by atoms with Crippen LogP contribution in [0.25, 0.3) is 0 Å².